The number of ether oxygens (including phenoxy) is 5. The molecule has 0 aliphatic carbocycles. The molecule has 2 heterocycles. The lowest BCUT2D eigenvalue weighted by molar-refractivity contribution is -0.234. The first-order chi connectivity index (χ1) is 20.8. The van der Waals surface area contributed by atoms with E-state index in [4.69, 9.17) is 23.7 Å². The molecule has 0 radical (unpaired) electrons. The molecule has 43 heavy (non-hydrogen) atoms. The number of benzene rings is 3. The van der Waals surface area contributed by atoms with E-state index >= 15 is 0 Å². The van der Waals surface area contributed by atoms with Crippen LogP contribution in [0.3, 0.4) is 0 Å². The van der Waals surface area contributed by atoms with Crippen molar-refractivity contribution in [3.63, 3.8) is 0 Å². The molecule has 3 aromatic rings. The molecule has 2 fully saturated rings. The van der Waals surface area contributed by atoms with E-state index < -0.39 is 48.2 Å². The highest BCUT2D eigenvalue weighted by Gasteiger charge is 2.57. The number of likely N-dealkylation sites (tertiary alicyclic amines) is 1. The summed E-state index contributed by atoms with van der Waals surface area (Å²) >= 11 is 0. The van der Waals surface area contributed by atoms with Gasteiger partial charge in [-0.05, 0) is 43.9 Å². The topological polar surface area (TPSA) is 86.7 Å². The maximum Gasteiger partial charge on any atom is 0.411 e. The second-order valence-electron chi connectivity index (χ2n) is 12.2. The van der Waals surface area contributed by atoms with E-state index in [0.29, 0.717) is 26.2 Å². The van der Waals surface area contributed by atoms with Crippen LogP contribution >= 0.6 is 0 Å². The van der Waals surface area contributed by atoms with Gasteiger partial charge >= 0.3 is 6.09 Å². The summed E-state index contributed by atoms with van der Waals surface area (Å²) in [6.07, 6.45) is -2.05. The van der Waals surface area contributed by atoms with Crippen LogP contribution in [0.4, 0.5) is 4.79 Å². The molecule has 2 unspecified atom stereocenters. The molecule has 1 N–H and O–H groups in total. The van der Waals surface area contributed by atoms with Crippen molar-refractivity contribution in [2.75, 3.05) is 13.2 Å². The Morgan fingerprint density at radius 1 is 0.814 bits per heavy atom. The van der Waals surface area contributed by atoms with Crippen LogP contribution in [0.5, 0.6) is 0 Å². The second kappa shape index (κ2) is 14.5. The normalized spacial score (nSPS) is 25.3. The highest BCUT2D eigenvalue weighted by molar-refractivity contribution is 5.70. The third kappa shape index (κ3) is 8.22. The van der Waals surface area contributed by atoms with Gasteiger partial charge in [0.05, 0.1) is 51.2 Å². The molecule has 6 atom stereocenters. The third-order valence-electron chi connectivity index (χ3n) is 7.76. The maximum atomic E-state index is 13.6. The summed E-state index contributed by atoms with van der Waals surface area (Å²) in [6.45, 7) is 6.65. The van der Waals surface area contributed by atoms with Crippen LogP contribution in [0.15, 0.2) is 91.0 Å². The molecule has 0 spiro atoms. The average molecular weight is 590 g/mol. The lowest BCUT2D eigenvalue weighted by atomic mass is 9.92. The van der Waals surface area contributed by atoms with E-state index in [1.165, 1.54) is 0 Å². The number of aliphatic hydroxyl groups is 1. The van der Waals surface area contributed by atoms with Crippen molar-refractivity contribution < 1.29 is 33.6 Å². The SMILES string of the molecule is CC(C)(C)OC(=O)N1C2[C@@H](OCc3ccccc3)[C@H](OCc3ccccc3)C(COCc3ccccc3)O[C@@H]2C[C@H]1CO. The van der Waals surface area contributed by atoms with Crippen LogP contribution in [0.25, 0.3) is 0 Å². The standard InChI is InChI=1S/C35H43NO7/c1-35(2,3)43-34(38)36-28(20-37)19-29-31(36)33(41-23-27-17-11-6-12-18-27)32(40-22-26-15-9-5-10-16-26)30(42-29)24-39-21-25-13-7-4-8-14-25/h4-18,28-33,37H,19-24H2,1-3H3/t28-,29+,30?,31?,32+,33+/m0/s1. The first-order valence-corrected chi connectivity index (χ1v) is 15.0. The monoisotopic (exact) mass is 589 g/mol. The van der Waals surface area contributed by atoms with Crippen molar-refractivity contribution in [1.82, 2.24) is 4.90 Å². The molecule has 2 saturated heterocycles. The molecule has 2 aliphatic heterocycles. The Morgan fingerprint density at radius 2 is 1.33 bits per heavy atom. The van der Waals surface area contributed by atoms with Crippen LogP contribution in [0.2, 0.25) is 0 Å². The number of hydrogen-bond acceptors (Lipinski definition) is 7. The Kier molecular flexibility index (Phi) is 10.5. The maximum absolute atomic E-state index is 13.6. The van der Waals surface area contributed by atoms with Crippen molar-refractivity contribution in [3.8, 4) is 0 Å². The van der Waals surface area contributed by atoms with E-state index in [1.54, 1.807) is 4.90 Å². The van der Waals surface area contributed by atoms with E-state index in [0.717, 1.165) is 16.7 Å². The molecule has 8 nitrogen and oxygen atoms in total. The van der Waals surface area contributed by atoms with Crippen LogP contribution in [-0.4, -0.2) is 71.4 Å². The average Bonchev–Trinajstić information content (AvgIpc) is 3.38. The minimum Gasteiger partial charge on any atom is -0.444 e. The van der Waals surface area contributed by atoms with Gasteiger partial charge in [0.2, 0.25) is 0 Å². The van der Waals surface area contributed by atoms with Crippen LogP contribution in [0.1, 0.15) is 43.9 Å². The number of nitrogens with zero attached hydrogens (tertiary/aromatic N) is 1. The Balaban J connectivity index is 1.45. The summed E-state index contributed by atoms with van der Waals surface area (Å²) in [5.74, 6) is 0. The molecule has 230 valence electrons. The molecule has 2 aliphatic rings. The summed E-state index contributed by atoms with van der Waals surface area (Å²) in [7, 11) is 0. The van der Waals surface area contributed by atoms with Gasteiger partial charge in [-0.3, -0.25) is 4.90 Å². The van der Waals surface area contributed by atoms with Crippen molar-refractivity contribution in [2.45, 2.75) is 89.1 Å². The van der Waals surface area contributed by atoms with Gasteiger partial charge in [0.25, 0.3) is 0 Å². The molecule has 3 aromatic carbocycles. The zero-order valence-electron chi connectivity index (χ0n) is 25.2. The van der Waals surface area contributed by atoms with Gasteiger partial charge in [-0.1, -0.05) is 91.0 Å². The zero-order valence-corrected chi connectivity index (χ0v) is 25.2. The number of fused-ring (bicyclic) bond motifs is 1. The van der Waals surface area contributed by atoms with Crippen molar-refractivity contribution in [3.05, 3.63) is 108 Å². The van der Waals surface area contributed by atoms with E-state index in [1.807, 2.05) is 112 Å². The Hall–Kier alpha value is -3.27. The van der Waals surface area contributed by atoms with Gasteiger partial charge in [0, 0.05) is 0 Å². The van der Waals surface area contributed by atoms with Crippen LogP contribution in [-0.2, 0) is 43.5 Å². The van der Waals surface area contributed by atoms with E-state index in [-0.39, 0.29) is 13.2 Å². The fourth-order valence-corrected chi connectivity index (χ4v) is 5.84. The number of amides is 1. The fraction of sp³-hybridized carbons (Fsp3) is 0.457. The highest BCUT2D eigenvalue weighted by atomic mass is 16.6. The smallest absolute Gasteiger partial charge is 0.411 e. The van der Waals surface area contributed by atoms with Gasteiger partial charge in [-0.2, -0.15) is 0 Å². The number of hydrogen-bond donors (Lipinski definition) is 1. The van der Waals surface area contributed by atoms with Gasteiger partial charge in [-0.15, -0.1) is 0 Å². The van der Waals surface area contributed by atoms with E-state index in [2.05, 4.69) is 0 Å². The number of aliphatic hydroxyl groups excluding tert-OH is 1. The third-order valence-corrected chi connectivity index (χ3v) is 7.76. The minimum atomic E-state index is -0.706. The van der Waals surface area contributed by atoms with Crippen LogP contribution < -0.4 is 0 Å². The summed E-state index contributed by atoms with van der Waals surface area (Å²) in [6, 6.07) is 28.8. The Labute approximate surface area is 254 Å². The first-order valence-electron chi connectivity index (χ1n) is 15.0. The Bertz CT molecular complexity index is 1270. The predicted octanol–water partition coefficient (Wildman–Crippen LogP) is 5.51. The lowest BCUT2D eigenvalue weighted by Crippen LogP contribution is -2.64. The summed E-state index contributed by atoms with van der Waals surface area (Å²) in [4.78, 5) is 15.2. The van der Waals surface area contributed by atoms with Crippen molar-refractivity contribution >= 4 is 6.09 Å². The summed E-state index contributed by atoms with van der Waals surface area (Å²) < 4.78 is 32.0. The molecular weight excluding hydrogens is 546 g/mol. The van der Waals surface area contributed by atoms with Gasteiger partial charge < -0.3 is 28.8 Å². The molecule has 0 saturated carbocycles. The lowest BCUT2D eigenvalue weighted by Gasteiger charge is -2.46. The Morgan fingerprint density at radius 3 is 1.84 bits per heavy atom. The fourth-order valence-electron chi connectivity index (χ4n) is 5.84. The molecule has 0 aromatic heterocycles. The molecule has 5 rings (SSSR count). The molecular formula is C35H43NO7. The second-order valence-corrected chi connectivity index (χ2v) is 12.2. The van der Waals surface area contributed by atoms with Gasteiger partial charge in [0.1, 0.15) is 23.9 Å². The largest absolute Gasteiger partial charge is 0.444 e. The van der Waals surface area contributed by atoms with Crippen molar-refractivity contribution in [1.29, 1.82) is 0 Å². The quantitative estimate of drug-likeness (QED) is 0.316. The van der Waals surface area contributed by atoms with Gasteiger partial charge in [0.15, 0.2) is 0 Å². The number of carbonyl (C=O) groups is 1. The molecule has 8 heteroatoms. The minimum absolute atomic E-state index is 0.217. The van der Waals surface area contributed by atoms with Crippen molar-refractivity contribution in [2.24, 2.45) is 0 Å². The van der Waals surface area contributed by atoms with E-state index in [9.17, 15) is 9.90 Å². The van der Waals surface area contributed by atoms with Gasteiger partial charge in [-0.25, -0.2) is 4.79 Å². The first kappa shape index (κ1) is 31.2. The molecule has 1 amide bonds. The number of carbonyl (C=O) groups excluding carboxylic acids is 1. The predicted molar refractivity (Wildman–Crippen MR) is 162 cm³/mol. The highest BCUT2D eigenvalue weighted by Crippen LogP contribution is 2.39. The summed E-state index contributed by atoms with van der Waals surface area (Å²) in [5, 5.41) is 10.4. The summed E-state index contributed by atoms with van der Waals surface area (Å²) in [5.41, 5.74) is 2.37. The molecule has 0 bridgehead atoms. The number of rotatable bonds is 11. The zero-order chi connectivity index (χ0) is 30.2. The van der Waals surface area contributed by atoms with Crippen LogP contribution in [0, 0.1) is 0 Å².